The molecule has 0 radical (unpaired) electrons. The Labute approximate surface area is 148 Å². The highest BCUT2D eigenvalue weighted by Crippen LogP contribution is 2.25. The molecule has 0 saturated carbocycles. The van der Waals surface area contributed by atoms with Crippen LogP contribution in [0.15, 0.2) is 42.5 Å². The summed E-state index contributed by atoms with van der Waals surface area (Å²) in [6.45, 7) is 4.68. The van der Waals surface area contributed by atoms with Gasteiger partial charge in [-0.3, -0.25) is 4.79 Å². The van der Waals surface area contributed by atoms with E-state index in [0.29, 0.717) is 29.7 Å². The Morgan fingerprint density at radius 3 is 2.58 bits per heavy atom. The van der Waals surface area contributed by atoms with Gasteiger partial charge in [-0.15, -0.1) is 0 Å². The molecule has 1 amide bonds. The van der Waals surface area contributed by atoms with Crippen molar-refractivity contribution in [2.75, 3.05) is 17.7 Å². The number of hydrogen-bond donors (Lipinski definition) is 2. The summed E-state index contributed by atoms with van der Waals surface area (Å²) in [4.78, 5) is 11.9. The van der Waals surface area contributed by atoms with Gasteiger partial charge in [0.2, 0.25) is 5.91 Å². The molecule has 0 spiro atoms. The van der Waals surface area contributed by atoms with Crippen molar-refractivity contribution in [1.82, 2.24) is 0 Å². The third-order valence-electron chi connectivity index (χ3n) is 3.45. The summed E-state index contributed by atoms with van der Waals surface area (Å²) in [5.41, 5.74) is 2.78. The number of anilines is 2. The summed E-state index contributed by atoms with van der Waals surface area (Å²) < 4.78 is 5.15. The van der Waals surface area contributed by atoms with Crippen molar-refractivity contribution in [2.24, 2.45) is 5.92 Å². The van der Waals surface area contributed by atoms with E-state index < -0.39 is 0 Å². The highest BCUT2D eigenvalue weighted by atomic mass is 35.5. The van der Waals surface area contributed by atoms with Crippen molar-refractivity contribution in [3.63, 3.8) is 0 Å². The summed E-state index contributed by atoms with van der Waals surface area (Å²) in [7, 11) is 1.60. The maximum Gasteiger partial charge on any atom is 0.224 e. The van der Waals surface area contributed by atoms with E-state index in [1.54, 1.807) is 7.11 Å². The summed E-state index contributed by atoms with van der Waals surface area (Å²) in [6, 6.07) is 13.4. The third-order valence-corrected chi connectivity index (χ3v) is 3.75. The van der Waals surface area contributed by atoms with Crippen LogP contribution in [-0.2, 0) is 11.3 Å². The first kappa shape index (κ1) is 18.1. The SMILES string of the molecule is COc1ccc(CNc2cccc(NC(=O)CC(C)C)c2)cc1Cl. The fourth-order valence-corrected chi connectivity index (χ4v) is 2.59. The molecule has 0 saturated heterocycles. The minimum atomic E-state index is 0.0316. The number of carbonyl (C=O) groups excluding carboxylic acids is 1. The lowest BCUT2D eigenvalue weighted by Gasteiger charge is -2.11. The quantitative estimate of drug-likeness (QED) is 0.746. The number of halogens is 1. The molecule has 2 rings (SSSR count). The van der Waals surface area contributed by atoms with Gasteiger partial charge in [-0.05, 0) is 41.8 Å². The van der Waals surface area contributed by atoms with Gasteiger partial charge in [0.15, 0.2) is 0 Å². The normalized spacial score (nSPS) is 10.5. The van der Waals surface area contributed by atoms with E-state index in [0.717, 1.165) is 16.9 Å². The molecule has 0 bridgehead atoms. The van der Waals surface area contributed by atoms with E-state index >= 15 is 0 Å². The van der Waals surface area contributed by atoms with Gasteiger partial charge < -0.3 is 15.4 Å². The molecule has 0 atom stereocenters. The van der Waals surface area contributed by atoms with Gasteiger partial charge in [0, 0.05) is 24.3 Å². The average Bonchev–Trinajstić information content (AvgIpc) is 2.52. The zero-order chi connectivity index (χ0) is 17.5. The van der Waals surface area contributed by atoms with Crippen molar-refractivity contribution in [3.05, 3.63) is 53.1 Å². The molecule has 0 fully saturated rings. The second kappa shape index (κ2) is 8.60. The molecule has 0 unspecified atom stereocenters. The van der Waals surface area contributed by atoms with Crippen molar-refractivity contribution in [1.29, 1.82) is 0 Å². The largest absolute Gasteiger partial charge is 0.495 e. The van der Waals surface area contributed by atoms with Gasteiger partial charge in [-0.2, -0.15) is 0 Å². The Morgan fingerprint density at radius 1 is 1.17 bits per heavy atom. The summed E-state index contributed by atoms with van der Waals surface area (Å²) >= 11 is 6.13. The van der Waals surface area contributed by atoms with Crippen LogP contribution in [0.2, 0.25) is 5.02 Å². The monoisotopic (exact) mass is 346 g/mol. The highest BCUT2D eigenvalue weighted by Gasteiger charge is 2.06. The summed E-state index contributed by atoms with van der Waals surface area (Å²) in [5, 5.41) is 6.84. The topological polar surface area (TPSA) is 50.4 Å². The van der Waals surface area contributed by atoms with Gasteiger partial charge in [0.25, 0.3) is 0 Å². The maximum absolute atomic E-state index is 11.9. The molecule has 0 aliphatic carbocycles. The summed E-state index contributed by atoms with van der Waals surface area (Å²) in [5.74, 6) is 1.03. The maximum atomic E-state index is 11.9. The van der Waals surface area contributed by atoms with Gasteiger partial charge >= 0.3 is 0 Å². The Hall–Kier alpha value is -2.20. The first-order chi connectivity index (χ1) is 11.5. The Bertz CT molecular complexity index is 702. The molecule has 0 aromatic heterocycles. The molecule has 0 heterocycles. The number of rotatable bonds is 7. The van der Waals surface area contributed by atoms with Crippen molar-refractivity contribution in [3.8, 4) is 5.75 Å². The van der Waals surface area contributed by atoms with E-state index in [-0.39, 0.29) is 5.91 Å². The molecule has 0 aliphatic heterocycles. The minimum Gasteiger partial charge on any atom is -0.495 e. The fraction of sp³-hybridized carbons (Fsp3) is 0.316. The second-order valence-electron chi connectivity index (χ2n) is 6.05. The molecule has 2 aromatic rings. The molecular weight excluding hydrogens is 324 g/mol. The van der Waals surface area contributed by atoms with E-state index in [1.165, 1.54) is 0 Å². The van der Waals surface area contributed by atoms with E-state index in [9.17, 15) is 4.79 Å². The first-order valence-corrected chi connectivity index (χ1v) is 8.32. The molecular formula is C19H23ClN2O2. The molecule has 128 valence electrons. The van der Waals surface area contributed by atoms with Gasteiger partial charge in [0.05, 0.1) is 12.1 Å². The standard InChI is InChI=1S/C19H23ClN2O2/c1-13(2)9-19(23)22-16-6-4-5-15(11-16)21-12-14-7-8-18(24-3)17(20)10-14/h4-8,10-11,13,21H,9,12H2,1-3H3,(H,22,23). The van der Waals surface area contributed by atoms with E-state index in [2.05, 4.69) is 10.6 Å². The van der Waals surface area contributed by atoms with Crippen LogP contribution in [0.4, 0.5) is 11.4 Å². The van der Waals surface area contributed by atoms with E-state index in [4.69, 9.17) is 16.3 Å². The number of nitrogens with one attached hydrogen (secondary N) is 2. The average molecular weight is 347 g/mol. The Balaban J connectivity index is 1.97. The lowest BCUT2D eigenvalue weighted by Crippen LogP contribution is -2.13. The van der Waals surface area contributed by atoms with Crippen LogP contribution in [0.5, 0.6) is 5.75 Å². The molecule has 24 heavy (non-hydrogen) atoms. The number of hydrogen-bond acceptors (Lipinski definition) is 3. The first-order valence-electron chi connectivity index (χ1n) is 7.94. The lowest BCUT2D eigenvalue weighted by atomic mass is 10.1. The lowest BCUT2D eigenvalue weighted by molar-refractivity contribution is -0.116. The van der Waals surface area contributed by atoms with Crippen LogP contribution in [0, 0.1) is 5.92 Å². The second-order valence-corrected chi connectivity index (χ2v) is 6.46. The predicted octanol–water partition coefficient (Wildman–Crippen LogP) is 4.95. The van der Waals surface area contributed by atoms with Crippen molar-refractivity contribution < 1.29 is 9.53 Å². The van der Waals surface area contributed by atoms with Crippen molar-refractivity contribution >= 4 is 28.9 Å². The van der Waals surface area contributed by atoms with Crippen LogP contribution in [0.1, 0.15) is 25.8 Å². The minimum absolute atomic E-state index is 0.0316. The zero-order valence-corrected chi connectivity index (χ0v) is 15.0. The summed E-state index contributed by atoms with van der Waals surface area (Å²) in [6.07, 6.45) is 0.516. The molecule has 2 N–H and O–H groups in total. The fourth-order valence-electron chi connectivity index (χ4n) is 2.31. The number of amides is 1. The molecule has 0 aliphatic rings. The number of methoxy groups -OCH3 is 1. The predicted molar refractivity (Wildman–Crippen MR) is 99.9 cm³/mol. The molecule has 2 aromatic carbocycles. The molecule has 4 nitrogen and oxygen atoms in total. The van der Waals surface area contributed by atoms with Crippen LogP contribution < -0.4 is 15.4 Å². The van der Waals surface area contributed by atoms with Gasteiger partial charge in [-0.25, -0.2) is 0 Å². The Kier molecular flexibility index (Phi) is 6.50. The third kappa shape index (κ3) is 5.46. The number of carbonyl (C=O) groups is 1. The van der Waals surface area contributed by atoms with Gasteiger partial charge in [0.1, 0.15) is 5.75 Å². The van der Waals surface area contributed by atoms with Crippen LogP contribution in [-0.4, -0.2) is 13.0 Å². The highest BCUT2D eigenvalue weighted by molar-refractivity contribution is 6.32. The van der Waals surface area contributed by atoms with Crippen molar-refractivity contribution in [2.45, 2.75) is 26.8 Å². The van der Waals surface area contributed by atoms with Crippen LogP contribution >= 0.6 is 11.6 Å². The zero-order valence-electron chi connectivity index (χ0n) is 14.2. The van der Waals surface area contributed by atoms with Crippen LogP contribution in [0.25, 0.3) is 0 Å². The van der Waals surface area contributed by atoms with E-state index in [1.807, 2.05) is 56.3 Å². The molecule has 5 heteroatoms. The number of benzene rings is 2. The van der Waals surface area contributed by atoms with Crippen LogP contribution in [0.3, 0.4) is 0 Å². The smallest absolute Gasteiger partial charge is 0.224 e. The number of ether oxygens (including phenoxy) is 1. The Morgan fingerprint density at radius 2 is 1.92 bits per heavy atom. The van der Waals surface area contributed by atoms with Gasteiger partial charge in [-0.1, -0.05) is 37.6 Å².